The lowest BCUT2D eigenvalue weighted by Crippen LogP contribution is -2.08. The minimum absolute atomic E-state index is 0.192. The highest BCUT2D eigenvalue weighted by Gasteiger charge is 2.09. The number of nitrogen functional groups attached to an aromatic ring is 1. The van der Waals surface area contributed by atoms with Crippen LogP contribution in [0.15, 0.2) is 28.2 Å². The molecule has 0 aliphatic rings. The molecule has 0 unspecified atom stereocenters. The van der Waals surface area contributed by atoms with Gasteiger partial charge in [-0.25, -0.2) is 9.97 Å². The molecule has 2 N–H and O–H groups in total. The minimum atomic E-state index is -0.276. The lowest BCUT2D eigenvalue weighted by Gasteiger charge is -2.05. The van der Waals surface area contributed by atoms with Crippen LogP contribution >= 0.6 is 23.1 Å². The van der Waals surface area contributed by atoms with E-state index < -0.39 is 0 Å². The number of anilines is 1. The molecule has 0 aromatic carbocycles. The molecule has 0 amide bonds. The van der Waals surface area contributed by atoms with Crippen molar-refractivity contribution in [1.29, 1.82) is 0 Å². The Balaban J connectivity index is 1.97. The molecule has 2 aromatic heterocycles. The molecular weight excluding hydrogens is 294 g/mol. The fourth-order valence-electron chi connectivity index (χ4n) is 1.55. The highest BCUT2D eigenvalue weighted by atomic mass is 32.2. The smallest absolute Gasteiger partial charge is 0.316 e. The predicted octanol–water partition coefficient (Wildman–Crippen LogP) is 2.37. The van der Waals surface area contributed by atoms with Crippen molar-refractivity contribution >= 4 is 34.9 Å². The summed E-state index contributed by atoms with van der Waals surface area (Å²) in [5.41, 5.74) is 8.01. The molecule has 0 fully saturated rings. The Hall–Kier alpha value is -1.60. The minimum Gasteiger partial charge on any atom is -0.465 e. The van der Waals surface area contributed by atoms with Crippen molar-refractivity contribution in [3.63, 3.8) is 0 Å². The molecule has 106 valence electrons. The SMILES string of the molecule is CCOC(=O)CSc1ncc(Cc2ccsc2)c(N)n1. The number of carbonyl (C=O) groups excluding carboxylic acids is 1. The summed E-state index contributed by atoms with van der Waals surface area (Å²) in [6, 6.07) is 2.05. The topological polar surface area (TPSA) is 78.1 Å². The highest BCUT2D eigenvalue weighted by molar-refractivity contribution is 7.99. The Morgan fingerprint density at radius 1 is 1.55 bits per heavy atom. The van der Waals surface area contributed by atoms with Crippen LogP contribution in [0, 0.1) is 0 Å². The third-order valence-electron chi connectivity index (χ3n) is 2.48. The summed E-state index contributed by atoms with van der Waals surface area (Å²) >= 11 is 2.87. The van der Waals surface area contributed by atoms with Crippen molar-refractivity contribution in [3.05, 3.63) is 34.2 Å². The molecule has 2 rings (SSSR count). The molecule has 0 radical (unpaired) electrons. The zero-order chi connectivity index (χ0) is 14.4. The third kappa shape index (κ3) is 4.21. The molecule has 0 bridgehead atoms. The molecule has 0 atom stereocenters. The zero-order valence-electron chi connectivity index (χ0n) is 11.0. The van der Waals surface area contributed by atoms with Gasteiger partial charge in [0.1, 0.15) is 5.82 Å². The molecule has 0 spiro atoms. The average Bonchev–Trinajstić information content (AvgIpc) is 2.92. The number of hydrogen-bond acceptors (Lipinski definition) is 7. The van der Waals surface area contributed by atoms with Crippen molar-refractivity contribution in [1.82, 2.24) is 9.97 Å². The summed E-state index contributed by atoms with van der Waals surface area (Å²) in [6.45, 7) is 2.15. The van der Waals surface area contributed by atoms with E-state index in [4.69, 9.17) is 10.5 Å². The second kappa shape index (κ2) is 7.25. The van der Waals surface area contributed by atoms with E-state index in [1.165, 1.54) is 17.3 Å². The Morgan fingerprint density at radius 2 is 2.40 bits per heavy atom. The summed E-state index contributed by atoms with van der Waals surface area (Å²) in [4.78, 5) is 19.7. The summed E-state index contributed by atoms with van der Waals surface area (Å²) in [7, 11) is 0. The van der Waals surface area contributed by atoms with Gasteiger partial charge in [-0.15, -0.1) is 0 Å². The Bertz CT molecular complexity index is 573. The number of ether oxygens (including phenoxy) is 1. The van der Waals surface area contributed by atoms with Crippen LogP contribution < -0.4 is 5.73 Å². The molecule has 0 saturated carbocycles. The quantitative estimate of drug-likeness (QED) is 0.501. The van der Waals surface area contributed by atoms with E-state index >= 15 is 0 Å². The third-order valence-corrected chi connectivity index (χ3v) is 4.04. The van der Waals surface area contributed by atoms with Gasteiger partial charge in [0, 0.05) is 18.2 Å². The first-order valence-corrected chi connectivity index (χ1v) is 8.02. The van der Waals surface area contributed by atoms with Crippen molar-refractivity contribution in [2.75, 3.05) is 18.1 Å². The number of thioether (sulfide) groups is 1. The number of hydrogen-bond donors (Lipinski definition) is 1. The van der Waals surface area contributed by atoms with Crippen LogP contribution in [0.3, 0.4) is 0 Å². The summed E-state index contributed by atoms with van der Waals surface area (Å²) in [5.74, 6) is 0.372. The zero-order valence-corrected chi connectivity index (χ0v) is 12.7. The van der Waals surface area contributed by atoms with E-state index in [9.17, 15) is 4.79 Å². The van der Waals surface area contributed by atoms with Gasteiger partial charge in [0.15, 0.2) is 5.16 Å². The number of nitrogens with two attached hydrogens (primary N) is 1. The van der Waals surface area contributed by atoms with Crippen LogP contribution in [0.5, 0.6) is 0 Å². The lowest BCUT2D eigenvalue weighted by molar-refractivity contribution is -0.139. The van der Waals surface area contributed by atoms with Crippen LogP contribution in [0.2, 0.25) is 0 Å². The number of thiophene rings is 1. The number of esters is 1. The maximum atomic E-state index is 11.3. The number of rotatable bonds is 6. The van der Waals surface area contributed by atoms with Crippen LogP contribution in [-0.2, 0) is 16.0 Å². The van der Waals surface area contributed by atoms with Crippen molar-refractivity contribution < 1.29 is 9.53 Å². The molecular formula is C13H15N3O2S2. The van der Waals surface area contributed by atoms with Crippen molar-refractivity contribution in [3.8, 4) is 0 Å². The van der Waals surface area contributed by atoms with E-state index in [0.717, 1.165) is 12.0 Å². The maximum Gasteiger partial charge on any atom is 0.316 e. The van der Waals surface area contributed by atoms with Gasteiger partial charge in [-0.2, -0.15) is 11.3 Å². The first-order valence-electron chi connectivity index (χ1n) is 6.10. The second-order valence-corrected chi connectivity index (χ2v) is 5.69. The van der Waals surface area contributed by atoms with Crippen LogP contribution in [0.25, 0.3) is 0 Å². The second-order valence-electron chi connectivity index (χ2n) is 3.97. The average molecular weight is 309 g/mol. The monoisotopic (exact) mass is 309 g/mol. The van der Waals surface area contributed by atoms with Crippen LogP contribution in [0.4, 0.5) is 5.82 Å². The summed E-state index contributed by atoms with van der Waals surface area (Å²) in [5, 5.41) is 4.59. The van der Waals surface area contributed by atoms with Gasteiger partial charge in [0.25, 0.3) is 0 Å². The number of aromatic nitrogens is 2. The first-order chi connectivity index (χ1) is 9.69. The molecule has 7 heteroatoms. The van der Waals surface area contributed by atoms with Crippen LogP contribution in [-0.4, -0.2) is 28.3 Å². The predicted molar refractivity (Wildman–Crippen MR) is 80.9 cm³/mol. The van der Waals surface area contributed by atoms with Crippen molar-refractivity contribution in [2.24, 2.45) is 0 Å². The molecule has 0 aliphatic carbocycles. The van der Waals surface area contributed by atoms with E-state index in [2.05, 4.69) is 15.3 Å². The molecule has 2 aromatic rings. The van der Waals surface area contributed by atoms with E-state index in [0.29, 0.717) is 17.6 Å². The lowest BCUT2D eigenvalue weighted by atomic mass is 10.1. The van der Waals surface area contributed by atoms with E-state index in [1.807, 2.05) is 11.4 Å². The summed E-state index contributed by atoms with van der Waals surface area (Å²) in [6.07, 6.45) is 2.44. The Labute approximate surface area is 125 Å². The summed E-state index contributed by atoms with van der Waals surface area (Å²) < 4.78 is 4.84. The van der Waals surface area contributed by atoms with Gasteiger partial charge in [-0.05, 0) is 29.3 Å². The van der Waals surface area contributed by atoms with Gasteiger partial charge < -0.3 is 10.5 Å². The van der Waals surface area contributed by atoms with Crippen molar-refractivity contribution in [2.45, 2.75) is 18.5 Å². The van der Waals surface area contributed by atoms with Crippen LogP contribution in [0.1, 0.15) is 18.1 Å². The Kier molecular flexibility index (Phi) is 5.37. The van der Waals surface area contributed by atoms with Gasteiger partial charge in [0.05, 0.1) is 12.4 Å². The largest absolute Gasteiger partial charge is 0.465 e. The van der Waals surface area contributed by atoms with Gasteiger partial charge in [-0.1, -0.05) is 11.8 Å². The van der Waals surface area contributed by atoms with Gasteiger partial charge in [0.2, 0.25) is 0 Å². The first kappa shape index (κ1) is 14.8. The molecule has 5 nitrogen and oxygen atoms in total. The normalized spacial score (nSPS) is 10.4. The van der Waals surface area contributed by atoms with Gasteiger partial charge in [-0.3, -0.25) is 4.79 Å². The molecule has 0 aliphatic heterocycles. The fraction of sp³-hybridized carbons (Fsp3) is 0.308. The Morgan fingerprint density at radius 3 is 3.05 bits per heavy atom. The maximum absolute atomic E-state index is 11.3. The highest BCUT2D eigenvalue weighted by Crippen LogP contribution is 2.19. The molecule has 20 heavy (non-hydrogen) atoms. The van der Waals surface area contributed by atoms with E-state index in [-0.39, 0.29) is 11.7 Å². The fourth-order valence-corrected chi connectivity index (χ4v) is 2.84. The molecule has 0 saturated heterocycles. The number of carbonyl (C=O) groups is 1. The standard InChI is InChI=1S/C13H15N3O2S2/c1-2-18-11(17)8-20-13-15-6-10(12(14)16-13)5-9-3-4-19-7-9/h3-4,6-7H,2,5,8H2,1H3,(H2,14,15,16). The number of nitrogens with zero attached hydrogens (tertiary/aromatic N) is 2. The van der Waals surface area contributed by atoms with E-state index in [1.54, 1.807) is 24.5 Å². The van der Waals surface area contributed by atoms with Gasteiger partial charge >= 0.3 is 5.97 Å². The molecule has 2 heterocycles.